The number of rotatable bonds is 5. The molecule has 20 heavy (non-hydrogen) atoms. The lowest BCUT2D eigenvalue weighted by Crippen LogP contribution is -2.30. The van der Waals surface area contributed by atoms with Gasteiger partial charge >= 0.3 is 0 Å². The summed E-state index contributed by atoms with van der Waals surface area (Å²) in [6.07, 6.45) is 3.32. The fourth-order valence-corrected chi connectivity index (χ4v) is 7.00. The van der Waals surface area contributed by atoms with Gasteiger partial charge < -0.3 is 5.73 Å². The number of nitrogens with two attached hydrogens (primary N) is 1. The van der Waals surface area contributed by atoms with Crippen LogP contribution in [0.15, 0.2) is 20.0 Å². The molecule has 4 nitrogen and oxygen atoms in total. The standard InChI is InChI=1S/C13H24N2O2S3/c1-5-10-7-12(18-8-10)20(17)19(4)15-13(16)11(14)6-9(2)3/h7-9,11,19-20H,5-6,14H2,1-4H3/t11-/m0/s1. The van der Waals surface area contributed by atoms with Crippen LogP contribution in [0.25, 0.3) is 0 Å². The van der Waals surface area contributed by atoms with Crippen LogP contribution in [0, 0.1) is 5.92 Å². The Balaban J connectivity index is 2.98. The van der Waals surface area contributed by atoms with Crippen LogP contribution in [0.4, 0.5) is 0 Å². The number of thiol groups is 2. The van der Waals surface area contributed by atoms with E-state index in [0.717, 1.165) is 10.6 Å². The molecule has 1 amide bonds. The van der Waals surface area contributed by atoms with E-state index in [2.05, 4.69) is 11.3 Å². The summed E-state index contributed by atoms with van der Waals surface area (Å²) in [5.74, 6) is 0.0355. The second kappa shape index (κ2) is 8.17. The third kappa shape index (κ3) is 5.20. The van der Waals surface area contributed by atoms with Gasteiger partial charge in [0.2, 0.25) is 0 Å². The molecule has 0 bridgehead atoms. The molecule has 116 valence electrons. The van der Waals surface area contributed by atoms with Gasteiger partial charge in [-0.25, -0.2) is 0 Å². The summed E-state index contributed by atoms with van der Waals surface area (Å²) in [6, 6.07) is 1.38. The number of carbonyl (C=O) groups excluding carboxylic acids is 1. The van der Waals surface area contributed by atoms with Crippen molar-refractivity contribution in [1.82, 2.24) is 0 Å². The Morgan fingerprint density at radius 3 is 2.65 bits per heavy atom. The van der Waals surface area contributed by atoms with Gasteiger partial charge in [-0.2, -0.15) is 4.36 Å². The van der Waals surface area contributed by atoms with E-state index in [1.807, 2.05) is 25.3 Å². The predicted molar refractivity (Wildman–Crippen MR) is 91.0 cm³/mol. The van der Waals surface area contributed by atoms with Gasteiger partial charge in [-0.3, -0.25) is 9.00 Å². The molecule has 0 aliphatic rings. The van der Waals surface area contributed by atoms with Crippen molar-refractivity contribution in [3.63, 3.8) is 0 Å². The lowest BCUT2D eigenvalue weighted by atomic mass is 10.0. The molecule has 0 aliphatic carbocycles. The molecule has 3 atom stereocenters. The third-order valence-electron chi connectivity index (χ3n) is 2.79. The Morgan fingerprint density at radius 2 is 2.15 bits per heavy atom. The van der Waals surface area contributed by atoms with E-state index in [4.69, 9.17) is 5.73 Å². The second-order valence-electron chi connectivity index (χ2n) is 5.08. The van der Waals surface area contributed by atoms with Crippen LogP contribution in [0.5, 0.6) is 0 Å². The smallest absolute Gasteiger partial charge is 0.268 e. The number of nitrogens with zero attached hydrogens (tertiary/aromatic N) is 1. The first-order chi connectivity index (χ1) is 9.35. The largest absolute Gasteiger partial charge is 0.320 e. The number of hydrogen-bond acceptors (Lipinski definition) is 4. The molecule has 0 fully saturated rings. The Labute approximate surface area is 128 Å². The van der Waals surface area contributed by atoms with E-state index in [1.54, 1.807) is 6.26 Å². The molecule has 0 saturated heterocycles. The van der Waals surface area contributed by atoms with Crippen molar-refractivity contribution >= 4 is 35.9 Å². The fraction of sp³-hybridized carbons (Fsp3) is 0.615. The summed E-state index contributed by atoms with van der Waals surface area (Å²) in [6.45, 7) is 6.09. The second-order valence-corrected chi connectivity index (χ2v) is 11.3. The van der Waals surface area contributed by atoms with Crippen molar-refractivity contribution < 1.29 is 9.00 Å². The highest BCUT2D eigenvalue weighted by Gasteiger charge is 2.13. The molecule has 0 aromatic carbocycles. The molecule has 1 rings (SSSR count). The van der Waals surface area contributed by atoms with E-state index in [-0.39, 0.29) is 5.91 Å². The van der Waals surface area contributed by atoms with Crippen LogP contribution < -0.4 is 5.73 Å². The lowest BCUT2D eigenvalue weighted by molar-refractivity contribution is -0.119. The molecule has 0 radical (unpaired) electrons. The molecular formula is C13H24N2O2S3. The molecule has 0 spiro atoms. The molecule has 1 heterocycles. The highest BCUT2D eigenvalue weighted by molar-refractivity contribution is 8.34. The molecular weight excluding hydrogens is 312 g/mol. The predicted octanol–water partition coefficient (Wildman–Crippen LogP) is 2.13. The first kappa shape index (κ1) is 17.7. The van der Waals surface area contributed by atoms with Gasteiger partial charge in [-0.15, -0.1) is 11.3 Å². The quantitative estimate of drug-likeness (QED) is 0.721. The molecule has 0 saturated carbocycles. The zero-order chi connectivity index (χ0) is 15.3. The van der Waals surface area contributed by atoms with Gasteiger partial charge in [0.1, 0.15) is 0 Å². The first-order valence-corrected chi connectivity index (χ1v) is 11.2. The normalized spacial score (nSPS) is 16.3. The van der Waals surface area contributed by atoms with E-state index >= 15 is 0 Å². The van der Waals surface area contributed by atoms with Gasteiger partial charge in [0, 0.05) is 9.36 Å². The van der Waals surface area contributed by atoms with Crippen molar-refractivity contribution in [3.8, 4) is 0 Å². The number of carbonyl (C=O) groups is 1. The van der Waals surface area contributed by atoms with Crippen molar-refractivity contribution in [3.05, 3.63) is 17.0 Å². The summed E-state index contributed by atoms with van der Waals surface area (Å²) in [5, 5.41) is 2.01. The van der Waals surface area contributed by atoms with Crippen LogP contribution >= 0.6 is 11.3 Å². The lowest BCUT2D eigenvalue weighted by Gasteiger charge is -2.09. The zero-order valence-corrected chi connectivity index (χ0v) is 15.0. The summed E-state index contributed by atoms with van der Waals surface area (Å²) in [4.78, 5) is 11.9. The van der Waals surface area contributed by atoms with Crippen molar-refractivity contribution in [2.75, 3.05) is 6.26 Å². The summed E-state index contributed by atoms with van der Waals surface area (Å²) in [7, 11) is -2.80. The zero-order valence-electron chi connectivity index (χ0n) is 12.4. The number of hydrogen-bond donors (Lipinski definition) is 3. The maximum Gasteiger partial charge on any atom is 0.268 e. The van der Waals surface area contributed by atoms with Crippen LogP contribution in [0.3, 0.4) is 0 Å². The minimum absolute atomic E-state index is 0.317. The molecule has 7 heteroatoms. The Bertz CT molecular complexity index is 607. The Morgan fingerprint density at radius 1 is 1.50 bits per heavy atom. The maximum absolute atomic E-state index is 12.4. The molecule has 1 aromatic heterocycles. The fourth-order valence-electron chi connectivity index (χ4n) is 1.66. The van der Waals surface area contributed by atoms with Crippen molar-refractivity contribution in [1.29, 1.82) is 0 Å². The number of amides is 1. The van der Waals surface area contributed by atoms with Gasteiger partial charge in [-0.1, -0.05) is 30.0 Å². The average molecular weight is 337 g/mol. The molecule has 0 aliphatic heterocycles. The van der Waals surface area contributed by atoms with Gasteiger partial charge in [0.15, 0.2) is 0 Å². The van der Waals surface area contributed by atoms with E-state index in [1.165, 1.54) is 16.9 Å². The van der Waals surface area contributed by atoms with Crippen LogP contribution in [-0.2, 0) is 29.8 Å². The summed E-state index contributed by atoms with van der Waals surface area (Å²) < 4.78 is 17.3. The number of aryl methyl sites for hydroxylation is 1. The molecule has 2 unspecified atom stereocenters. The highest BCUT2D eigenvalue weighted by atomic mass is 32.9. The SMILES string of the molecule is CCc1csc(/[SH](=O)=[SH](/C)=N\C(=O)[C@@H](N)CC(C)C)c1. The third-order valence-corrected chi connectivity index (χ3v) is 8.80. The van der Waals surface area contributed by atoms with E-state index in [0.29, 0.717) is 12.3 Å². The van der Waals surface area contributed by atoms with Gasteiger partial charge in [0.25, 0.3) is 5.91 Å². The first-order valence-electron chi connectivity index (χ1n) is 6.64. The van der Waals surface area contributed by atoms with Crippen LogP contribution in [0.1, 0.15) is 32.8 Å². The monoisotopic (exact) mass is 336 g/mol. The number of thiophene rings is 1. The topological polar surface area (TPSA) is 72.5 Å². The minimum Gasteiger partial charge on any atom is -0.320 e. The molecule has 1 aromatic rings. The minimum atomic E-state index is -1.61. The van der Waals surface area contributed by atoms with Crippen molar-refractivity contribution in [2.24, 2.45) is 16.0 Å². The van der Waals surface area contributed by atoms with E-state index in [9.17, 15) is 9.00 Å². The highest BCUT2D eigenvalue weighted by Crippen LogP contribution is 2.17. The Hall–Kier alpha value is -0.370. The summed E-state index contributed by atoms with van der Waals surface area (Å²) >= 11 is 1.49. The van der Waals surface area contributed by atoms with E-state index < -0.39 is 24.7 Å². The van der Waals surface area contributed by atoms with Crippen molar-refractivity contribution in [2.45, 2.75) is 43.9 Å². The van der Waals surface area contributed by atoms with Crippen LogP contribution in [-0.4, -0.2) is 22.4 Å². The maximum atomic E-state index is 12.4. The Kier molecular flexibility index (Phi) is 7.22. The van der Waals surface area contributed by atoms with Gasteiger partial charge in [-0.05, 0) is 42.0 Å². The summed E-state index contributed by atoms with van der Waals surface area (Å²) in [5.41, 5.74) is 6.99. The van der Waals surface area contributed by atoms with Gasteiger partial charge in [0.05, 0.1) is 10.3 Å². The average Bonchev–Trinajstić information content (AvgIpc) is 2.85. The molecule has 2 N–H and O–H groups in total. The van der Waals surface area contributed by atoms with Crippen LogP contribution in [0.2, 0.25) is 0 Å².